The quantitative estimate of drug-likeness (QED) is 0.167. The lowest BCUT2D eigenvalue weighted by atomic mass is 10.1. The van der Waals surface area contributed by atoms with Crippen LogP contribution in [0.3, 0.4) is 0 Å². The molecule has 4 rings (SSSR count). The maximum atomic E-state index is 12.3. The zero-order valence-corrected chi connectivity index (χ0v) is 21.8. The maximum absolute atomic E-state index is 12.3. The van der Waals surface area contributed by atoms with Crippen molar-refractivity contribution in [3.05, 3.63) is 100 Å². The molecule has 0 saturated heterocycles. The Kier molecular flexibility index (Phi) is 9.14. The first kappa shape index (κ1) is 26.5. The number of hydrazone groups is 1. The zero-order valence-electron chi connectivity index (χ0n) is 21.0. The number of aryl methyl sites for hydroxylation is 2. The molecular weight excluding hydrogens is 502 g/mol. The smallest absolute Gasteiger partial charge is 0.257 e. The number of nitrogens with one attached hydrogen (secondary N) is 2. The molecule has 3 aromatic carbocycles. The molecule has 194 valence electrons. The third-order valence-corrected chi connectivity index (χ3v) is 6.05. The Bertz CT molecular complexity index is 1400. The number of hydrogen-bond donors (Lipinski definition) is 2. The van der Waals surface area contributed by atoms with E-state index >= 15 is 0 Å². The number of benzene rings is 3. The van der Waals surface area contributed by atoms with Crippen LogP contribution in [-0.2, 0) is 11.2 Å². The predicted octanol–water partition coefficient (Wildman–Crippen LogP) is 4.56. The lowest BCUT2D eigenvalue weighted by Crippen LogP contribution is -2.19. The molecule has 2 N–H and O–H groups in total. The van der Waals surface area contributed by atoms with Crippen molar-refractivity contribution in [2.24, 2.45) is 5.10 Å². The molecule has 0 fully saturated rings. The summed E-state index contributed by atoms with van der Waals surface area (Å²) in [5.41, 5.74) is 6.00. The third kappa shape index (κ3) is 8.24. The number of carbonyl (C=O) groups excluding carboxylic acids is 2. The van der Waals surface area contributed by atoms with Gasteiger partial charge in [-0.05, 0) is 55.8 Å². The summed E-state index contributed by atoms with van der Waals surface area (Å²) >= 11 is 1.13. The van der Waals surface area contributed by atoms with Crippen molar-refractivity contribution in [3.63, 3.8) is 0 Å². The van der Waals surface area contributed by atoms with Gasteiger partial charge in [-0.1, -0.05) is 58.9 Å². The van der Waals surface area contributed by atoms with Crippen molar-refractivity contribution in [2.75, 3.05) is 18.5 Å². The van der Waals surface area contributed by atoms with Crippen molar-refractivity contribution in [1.82, 2.24) is 15.6 Å². The van der Waals surface area contributed by atoms with Gasteiger partial charge in [-0.2, -0.15) is 5.10 Å². The summed E-state index contributed by atoms with van der Waals surface area (Å²) in [5, 5.41) is 15.4. The first-order valence-corrected chi connectivity index (χ1v) is 12.7. The number of anilines is 1. The maximum Gasteiger partial charge on any atom is 0.257 e. The highest BCUT2D eigenvalue weighted by Crippen LogP contribution is 2.17. The minimum Gasteiger partial charge on any atom is -0.490 e. The van der Waals surface area contributed by atoms with E-state index in [0.717, 1.165) is 28.2 Å². The summed E-state index contributed by atoms with van der Waals surface area (Å²) in [4.78, 5) is 24.6. The Morgan fingerprint density at radius 3 is 2.32 bits per heavy atom. The van der Waals surface area contributed by atoms with E-state index in [4.69, 9.17) is 9.47 Å². The number of aromatic nitrogens is 2. The average molecular weight is 530 g/mol. The Labute approximate surface area is 224 Å². The minimum absolute atomic E-state index is 0.0143. The molecule has 0 aliphatic rings. The lowest BCUT2D eigenvalue weighted by Gasteiger charge is -2.09. The van der Waals surface area contributed by atoms with Crippen LogP contribution < -0.4 is 20.2 Å². The first-order chi connectivity index (χ1) is 18.4. The summed E-state index contributed by atoms with van der Waals surface area (Å²) < 4.78 is 11.4. The number of ether oxygens (including phenoxy) is 2. The summed E-state index contributed by atoms with van der Waals surface area (Å²) in [5.74, 6) is 0.829. The number of amides is 2. The van der Waals surface area contributed by atoms with Crippen LogP contribution in [0.25, 0.3) is 0 Å². The van der Waals surface area contributed by atoms with Gasteiger partial charge in [-0.3, -0.25) is 14.9 Å². The first-order valence-electron chi connectivity index (χ1n) is 11.9. The van der Waals surface area contributed by atoms with Gasteiger partial charge in [0.1, 0.15) is 29.7 Å². The monoisotopic (exact) mass is 529 g/mol. The number of nitrogens with zero attached hydrogens (tertiary/aromatic N) is 3. The Balaban J connectivity index is 1.19. The minimum atomic E-state index is -0.352. The fraction of sp³-hybridized carbons (Fsp3) is 0.179. The van der Waals surface area contributed by atoms with Crippen molar-refractivity contribution in [3.8, 4) is 11.5 Å². The third-order valence-electron chi connectivity index (χ3n) is 5.22. The summed E-state index contributed by atoms with van der Waals surface area (Å²) in [6.45, 7) is 4.78. The highest BCUT2D eigenvalue weighted by molar-refractivity contribution is 7.15. The highest BCUT2D eigenvalue weighted by atomic mass is 32.1. The largest absolute Gasteiger partial charge is 0.490 e. The molecule has 0 unspecified atom stereocenters. The molecule has 0 bridgehead atoms. The van der Waals surface area contributed by atoms with Crippen LogP contribution in [0.2, 0.25) is 0 Å². The molecule has 10 heteroatoms. The average Bonchev–Trinajstić information content (AvgIpc) is 3.34. The Morgan fingerprint density at radius 2 is 1.58 bits per heavy atom. The molecule has 4 aromatic rings. The van der Waals surface area contributed by atoms with Crippen LogP contribution in [0.15, 0.2) is 77.9 Å². The van der Waals surface area contributed by atoms with Gasteiger partial charge in [0.05, 0.1) is 12.6 Å². The molecule has 1 heterocycles. The molecule has 0 atom stereocenters. The molecule has 0 aliphatic carbocycles. The number of hydrogen-bond acceptors (Lipinski definition) is 8. The Hall–Kier alpha value is -4.57. The van der Waals surface area contributed by atoms with Gasteiger partial charge in [-0.25, -0.2) is 5.43 Å². The number of rotatable bonds is 11. The van der Waals surface area contributed by atoms with Crippen LogP contribution in [0.1, 0.15) is 32.1 Å². The van der Waals surface area contributed by atoms with Gasteiger partial charge in [0.2, 0.25) is 11.0 Å². The fourth-order valence-corrected chi connectivity index (χ4v) is 3.98. The van der Waals surface area contributed by atoms with Crippen molar-refractivity contribution in [1.29, 1.82) is 0 Å². The van der Waals surface area contributed by atoms with Gasteiger partial charge >= 0.3 is 0 Å². The van der Waals surface area contributed by atoms with Gasteiger partial charge in [0.15, 0.2) is 0 Å². The topological polar surface area (TPSA) is 115 Å². The van der Waals surface area contributed by atoms with E-state index in [2.05, 4.69) is 26.0 Å². The summed E-state index contributed by atoms with van der Waals surface area (Å²) in [6.07, 6.45) is 1.51. The molecule has 0 saturated carbocycles. The van der Waals surface area contributed by atoms with Crippen LogP contribution >= 0.6 is 11.3 Å². The predicted molar refractivity (Wildman–Crippen MR) is 147 cm³/mol. The lowest BCUT2D eigenvalue weighted by molar-refractivity contribution is -0.120. The van der Waals surface area contributed by atoms with E-state index in [-0.39, 0.29) is 18.2 Å². The molecule has 0 aliphatic heterocycles. The van der Waals surface area contributed by atoms with E-state index in [9.17, 15) is 9.59 Å². The standard InChI is InChI=1S/C28H27N5O4S/c1-19-6-10-22(11-7-19)27(35)30-28-33-32-26(38-28)17-25(34)31-29-18-21-4-3-5-24(16-21)37-15-14-36-23-12-8-20(2)9-13-23/h3-13,16,18H,14-15,17H2,1-2H3,(H,31,34)(H,30,33,35)/b29-18+. The van der Waals surface area contributed by atoms with Gasteiger partial charge in [0, 0.05) is 5.56 Å². The Morgan fingerprint density at radius 1 is 0.895 bits per heavy atom. The highest BCUT2D eigenvalue weighted by Gasteiger charge is 2.12. The van der Waals surface area contributed by atoms with Crippen molar-refractivity contribution >= 4 is 34.5 Å². The van der Waals surface area contributed by atoms with E-state index in [0.29, 0.717) is 34.7 Å². The van der Waals surface area contributed by atoms with Crippen molar-refractivity contribution < 1.29 is 19.1 Å². The second kappa shape index (κ2) is 13.1. The van der Waals surface area contributed by atoms with Crippen LogP contribution in [0.5, 0.6) is 11.5 Å². The van der Waals surface area contributed by atoms with Gasteiger partial charge in [-0.15, -0.1) is 10.2 Å². The van der Waals surface area contributed by atoms with E-state index in [1.54, 1.807) is 12.1 Å². The molecule has 1 aromatic heterocycles. The van der Waals surface area contributed by atoms with E-state index in [1.165, 1.54) is 11.8 Å². The summed E-state index contributed by atoms with van der Waals surface area (Å²) in [6, 6.07) is 22.4. The van der Waals surface area contributed by atoms with Gasteiger partial charge < -0.3 is 9.47 Å². The molecule has 38 heavy (non-hydrogen) atoms. The molecule has 0 spiro atoms. The van der Waals surface area contributed by atoms with E-state index < -0.39 is 0 Å². The zero-order chi connectivity index (χ0) is 26.7. The number of carbonyl (C=O) groups is 2. The second-order valence-corrected chi connectivity index (χ2v) is 9.44. The van der Waals surface area contributed by atoms with Crippen LogP contribution in [-0.4, -0.2) is 41.4 Å². The van der Waals surface area contributed by atoms with E-state index in [1.807, 2.05) is 74.5 Å². The second-order valence-electron chi connectivity index (χ2n) is 8.37. The fourth-order valence-electron chi connectivity index (χ4n) is 3.24. The molecule has 0 radical (unpaired) electrons. The van der Waals surface area contributed by atoms with Gasteiger partial charge in [0.25, 0.3) is 5.91 Å². The summed E-state index contributed by atoms with van der Waals surface area (Å²) in [7, 11) is 0. The molecule has 9 nitrogen and oxygen atoms in total. The van der Waals surface area contributed by atoms with Crippen LogP contribution in [0.4, 0.5) is 5.13 Å². The molecular formula is C28H27N5O4S. The SMILES string of the molecule is Cc1ccc(OCCOc2cccc(/C=N/NC(=O)Cc3nnc(NC(=O)c4ccc(C)cc4)s3)c2)cc1. The molecule has 2 amide bonds. The van der Waals surface area contributed by atoms with Crippen molar-refractivity contribution in [2.45, 2.75) is 20.3 Å². The van der Waals surface area contributed by atoms with Crippen LogP contribution in [0, 0.1) is 13.8 Å². The normalized spacial score (nSPS) is 10.8.